The van der Waals surface area contributed by atoms with E-state index in [0.717, 1.165) is 18.6 Å². The fraction of sp³-hybridized carbons (Fsp3) is 0.933. The van der Waals surface area contributed by atoms with Gasteiger partial charge in [0.05, 0.1) is 6.04 Å². The number of thioether (sulfide) groups is 2. The second kappa shape index (κ2) is 7.13. The van der Waals surface area contributed by atoms with Crippen molar-refractivity contribution in [3.05, 3.63) is 0 Å². The fourth-order valence-electron chi connectivity index (χ4n) is 2.45. The number of hydrogen-bond donors (Lipinski definition) is 2. The molecule has 7 heteroatoms. The van der Waals surface area contributed by atoms with Gasteiger partial charge in [-0.3, -0.25) is 0 Å². The second-order valence-electron chi connectivity index (χ2n) is 7.16. The lowest BCUT2D eigenvalue weighted by Gasteiger charge is -2.35. The number of nitrogens with one attached hydrogen (secondary N) is 1. The normalized spacial score (nSPS) is 32.0. The predicted molar refractivity (Wildman–Crippen MR) is 96.7 cm³/mol. The van der Waals surface area contributed by atoms with Crippen LogP contribution in [0.3, 0.4) is 0 Å². The van der Waals surface area contributed by atoms with Gasteiger partial charge in [0, 0.05) is 22.4 Å². The Morgan fingerprint density at radius 1 is 1.50 bits per heavy atom. The Morgan fingerprint density at radius 2 is 2.14 bits per heavy atom. The number of carbonyl (C=O) groups is 1. The summed E-state index contributed by atoms with van der Waals surface area (Å²) in [5, 5.41) is 10.3. The monoisotopic (exact) mass is 365 g/mol. The average Bonchev–Trinajstić information content (AvgIpc) is 3.12. The predicted octanol–water partition coefficient (Wildman–Crippen LogP) is 3.25. The first-order chi connectivity index (χ1) is 10.2. The first-order valence-electron chi connectivity index (χ1n) is 7.92. The fourth-order valence-corrected chi connectivity index (χ4v) is 7.08. The minimum absolute atomic E-state index is 0.246. The van der Waals surface area contributed by atoms with Gasteiger partial charge in [0.2, 0.25) is 0 Å². The third kappa shape index (κ3) is 4.29. The first-order valence-corrected chi connectivity index (χ1v) is 10.9. The Hall–Kier alpha value is 0.440. The highest BCUT2D eigenvalue weighted by Crippen LogP contribution is 2.54. The van der Waals surface area contributed by atoms with Crippen LogP contribution in [0.1, 0.15) is 53.4 Å². The van der Waals surface area contributed by atoms with E-state index >= 15 is 0 Å². The second-order valence-corrected chi connectivity index (χ2v) is 12.2. The van der Waals surface area contributed by atoms with Crippen LogP contribution in [-0.4, -0.2) is 41.5 Å². The van der Waals surface area contributed by atoms with E-state index in [1.165, 1.54) is 24.6 Å². The van der Waals surface area contributed by atoms with Crippen molar-refractivity contribution in [2.75, 3.05) is 5.75 Å². The van der Waals surface area contributed by atoms with Crippen molar-refractivity contribution in [3.8, 4) is 0 Å². The zero-order valence-corrected chi connectivity index (χ0v) is 16.2. The van der Waals surface area contributed by atoms with Crippen LogP contribution in [0.4, 0.5) is 0 Å². The summed E-state index contributed by atoms with van der Waals surface area (Å²) in [7, 11) is 0. The number of carboxylic acid groups (broad SMARTS) is 1. The van der Waals surface area contributed by atoms with Crippen molar-refractivity contribution >= 4 is 40.9 Å². The van der Waals surface area contributed by atoms with E-state index in [2.05, 4.69) is 11.6 Å². The summed E-state index contributed by atoms with van der Waals surface area (Å²) >= 11 is 1.84. The average molecular weight is 366 g/mol. The molecule has 0 aromatic heterocycles. The lowest BCUT2D eigenvalue weighted by molar-refractivity contribution is -0.137. The van der Waals surface area contributed by atoms with Gasteiger partial charge in [-0.05, 0) is 39.5 Å². The van der Waals surface area contributed by atoms with E-state index in [-0.39, 0.29) is 10.8 Å². The Bertz CT molecular complexity index is 411. The molecule has 2 N–H and O–H groups in total. The van der Waals surface area contributed by atoms with Crippen LogP contribution in [0.25, 0.3) is 0 Å². The molecule has 1 saturated heterocycles. The van der Waals surface area contributed by atoms with Gasteiger partial charge < -0.3 is 9.66 Å². The Morgan fingerprint density at radius 3 is 2.55 bits per heavy atom. The lowest BCUT2D eigenvalue weighted by Crippen LogP contribution is -2.55. The largest absolute Gasteiger partial charge is 0.598 e. The number of carboxylic acids is 1. The number of hydrogen-bond acceptors (Lipinski definition) is 5. The van der Waals surface area contributed by atoms with Crippen LogP contribution in [0.5, 0.6) is 0 Å². The molecule has 0 aromatic carbocycles. The van der Waals surface area contributed by atoms with Crippen LogP contribution in [0.15, 0.2) is 0 Å². The van der Waals surface area contributed by atoms with Crippen LogP contribution >= 0.6 is 23.5 Å². The summed E-state index contributed by atoms with van der Waals surface area (Å²) in [5.41, 5.74) is 0. The summed E-state index contributed by atoms with van der Waals surface area (Å²) in [5.74, 6) is 0.674. The number of aliphatic carboxylic acids is 1. The molecule has 1 saturated carbocycles. The van der Waals surface area contributed by atoms with Gasteiger partial charge in [0.15, 0.2) is 4.08 Å². The molecule has 0 radical (unpaired) electrons. The molecule has 3 unspecified atom stereocenters. The minimum Gasteiger partial charge on any atom is -0.598 e. The molecule has 128 valence electrons. The summed E-state index contributed by atoms with van der Waals surface area (Å²) in [6, 6.07) is -0.246. The van der Waals surface area contributed by atoms with Crippen molar-refractivity contribution in [2.45, 2.75) is 73.5 Å². The standard InChI is InChI=1S/C15H27NO3S3/c1-5-11-9-20-15(21-11,13(17)18)12(8-10-6-7-10)16-22(19)14(2,3)4/h10-12,16H,5-9H2,1-4H3,(H,17,18)/t11?,12?,15-,22?/m0/s1. The Kier molecular flexibility index (Phi) is 6.09. The highest BCUT2D eigenvalue weighted by atomic mass is 32.2. The van der Waals surface area contributed by atoms with Crippen LogP contribution in [0.2, 0.25) is 0 Å². The minimum atomic E-state index is -1.25. The molecule has 0 aromatic rings. The zero-order valence-electron chi connectivity index (χ0n) is 13.8. The molecular formula is C15H27NO3S3. The van der Waals surface area contributed by atoms with Crippen LogP contribution < -0.4 is 4.72 Å². The van der Waals surface area contributed by atoms with E-state index in [1.54, 1.807) is 11.8 Å². The van der Waals surface area contributed by atoms with Crippen molar-refractivity contribution in [2.24, 2.45) is 5.92 Å². The Balaban J connectivity index is 2.19. The van der Waals surface area contributed by atoms with Crippen LogP contribution in [0, 0.1) is 5.92 Å². The summed E-state index contributed by atoms with van der Waals surface area (Å²) in [4.78, 5) is 12.1. The summed E-state index contributed by atoms with van der Waals surface area (Å²) in [6.45, 7) is 7.86. The van der Waals surface area contributed by atoms with Crippen molar-refractivity contribution in [3.63, 3.8) is 0 Å². The molecule has 0 amide bonds. The van der Waals surface area contributed by atoms with Gasteiger partial charge in [-0.1, -0.05) is 19.8 Å². The third-order valence-electron chi connectivity index (χ3n) is 4.11. The third-order valence-corrected chi connectivity index (χ3v) is 9.67. The highest BCUT2D eigenvalue weighted by molar-refractivity contribution is 8.22. The quantitative estimate of drug-likeness (QED) is 0.675. The van der Waals surface area contributed by atoms with E-state index in [4.69, 9.17) is 0 Å². The molecule has 2 fully saturated rings. The first kappa shape index (κ1) is 18.8. The molecule has 0 spiro atoms. The van der Waals surface area contributed by atoms with Crippen molar-refractivity contribution < 1.29 is 14.5 Å². The maximum absolute atomic E-state index is 12.5. The van der Waals surface area contributed by atoms with E-state index in [0.29, 0.717) is 11.2 Å². The van der Waals surface area contributed by atoms with E-state index in [1.807, 2.05) is 20.8 Å². The summed E-state index contributed by atoms with van der Waals surface area (Å²) in [6.07, 6.45) is 4.13. The molecule has 4 nitrogen and oxygen atoms in total. The molecule has 4 atom stereocenters. The highest BCUT2D eigenvalue weighted by Gasteiger charge is 2.55. The van der Waals surface area contributed by atoms with Crippen molar-refractivity contribution in [1.29, 1.82) is 0 Å². The SMILES string of the molecule is CCC1CS[C@@](C(=O)O)(C(CC2CC2)N[S+]([O-])C(C)(C)C)S1. The topological polar surface area (TPSA) is 72.4 Å². The molecule has 2 aliphatic rings. The molecule has 1 aliphatic carbocycles. The van der Waals surface area contributed by atoms with Gasteiger partial charge in [0.25, 0.3) is 0 Å². The van der Waals surface area contributed by atoms with Gasteiger partial charge in [-0.15, -0.1) is 28.2 Å². The molecule has 2 rings (SSSR count). The molecule has 22 heavy (non-hydrogen) atoms. The van der Waals surface area contributed by atoms with Gasteiger partial charge in [-0.2, -0.15) is 0 Å². The molecule has 0 bridgehead atoms. The van der Waals surface area contributed by atoms with Gasteiger partial charge in [0.1, 0.15) is 4.75 Å². The maximum Gasteiger partial charge on any atom is 0.331 e. The molecule has 1 heterocycles. The molecule has 1 aliphatic heterocycles. The lowest BCUT2D eigenvalue weighted by atomic mass is 10.1. The smallest absolute Gasteiger partial charge is 0.331 e. The summed E-state index contributed by atoms with van der Waals surface area (Å²) < 4.78 is 14.4. The maximum atomic E-state index is 12.5. The van der Waals surface area contributed by atoms with E-state index < -0.39 is 21.4 Å². The Labute approximate surface area is 145 Å². The zero-order chi connectivity index (χ0) is 16.5. The number of rotatable bonds is 7. The van der Waals surface area contributed by atoms with Gasteiger partial charge >= 0.3 is 5.97 Å². The van der Waals surface area contributed by atoms with Crippen molar-refractivity contribution in [1.82, 2.24) is 4.72 Å². The van der Waals surface area contributed by atoms with Gasteiger partial charge in [-0.25, -0.2) is 4.79 Å². The van der Waals surface area contributed by atoms with E-state index in [9.17, 15) is 14.5 Å². The molecular weight excluding hydrogens is 338 g/mol. The van der Waals surface area contributed by atoms with Crippen LogP contribution in [-0.2, 0) is 16.2 Å².